The van der Waals surface area contributed by atoms with Crippen LogP contribution in [-0.4, -0.2) is 18.3 Å². The van der Waals surface area contributed by atoms with Gasteiger partial charge in [0.25, 0.3) is 0 Å². The zero-order chi connectivity index (χ0) is 13.6. The lowest BCUT2D eigenvalue weighted by Crippen LogP contribution is -2.41. The monoisotopic (exact) mass is 243 g/mol. The summed E-state index contributed by atoms with van der Waals surface area (Å²) in [7, 11) is -0.352. The van der Waals surface area contributed by atoms with E-state index in [1.54, 1.807) is 6.07 Å². The summed E-state index contributed by atoms with van der Waals surface area (Å²) >= 11 is 0. The number of benzene rings is 1. The van der Waals surface area contributed by atoms with Gasteiger partial charge in [-0.15, -0.1) is 0 Å². The Morgan fingerprint density at radius 3 is 2.11 bits per heavy atom. The van der Waals surface area contributed by atoms with Gasteiger partial charge in [0.15, 0.2) is 5.69 Å². The average molecular weight is 243 g/mol. The zero-order valence-electron chi connectivity index (χ0n) is 11.6. The third-order valence-corrected chi connectivity index (χ3v) is 3.89. The average Bonchev–Trinajstić information content (AvgIpc) is 2.47. The molecule has 0 atom stereocenters. The molecule has 18 heavy (non-hydrogen) atoms. The number of nitrogens with zero attached hydrogens (tertiary/aromatic N) is 1. The lowest BCUT2D eigenvalue weighted by atomic mass is 9.76. The Balaban J connectivity index is 2.33. The smallest absolute Gasteiger partial charge is 0.399 e. The van der Waals surface area contributed by atoms with Crippen LogP contribution < -0.4 is 5.46 Å². The minimum atomic E-state index is -0.352. The van der Waals surface area contributed by atoms with Crippen molar-refractivity contribution < 1.29 is 9.31 Å². The molecule has 3 nitrogen and oxygen atoms in total. The summed E-state index contributed by atoms with van der Waals surface area (Å²) in [6.07, 6.45) is 0. The Hall–Kier alpha value is -1.31. The van der Waals surface area contributed by atoms with E-state index in [2.05, 4.69) is 4.85 Å². The van der Waals surface area contributed by atoms with Crippen LogP contribution in [0.2, 0.25) is 0 Å². The van der Waals surface area contributed by atoms with E-state index in [-0.39, 0.29) is 18.3 Å². The van der Waals surface area contributed by atoms with Crippen LogP contribution in [0, 0.1) is 13.5 Å². The van der Waals surface area contributed by atoms with E-state index >= 15 is 0 Å². The van der Waals surface area contributed by atoms with Crippen LogP contribution in [0.25, 0.3) is 4.85 Å². The van der Waals surface area contributed by atoms with Crippen LogP contribution in [0.5, 0.6) is 0 Å². The molecule has 0 radical (unpaired) electrons. The van der Waals surface area contributed by atoms with Gasteiger partial charge in [-0.05, 0) is 40.1 Å². The summed E-state index contributed by atoms with van der Waals surface area (Å²) in [6.45, 7) is 17.1. The molecule has 0 spiro atoms. The molecular weight excluding hydrogens is 225 g/mol. The van der Waals surface area contributed by atoms with Crippen LogP contribution in [0.3, 0.4) is 0 Å². The normalized spacial score (nSPS) is 20.8. The molecule has 1 aliphatic heterocycles. The fourth-order valence-corrected chi connectivity index (χ4v) is 1.96. The van der Waals surface area contributed by atoms with Crippen molar-refractivity contribution in [1.29, 1.82) is 0 Å². The minimum absolute atomic E-state index is 0.331. The van der Waals surface area contributed by atoms with Gasteiger partial charge in [0.05, 0.1) is 17.8 Å². The van der Waals surface area contributed by atoms with E-state index in [1.165, 1.54) is 0 Å². The number of hydrogen-bond donors (Lipinski definition) is 0. The molecule has 94 valence electrons. The van der Waals surface area contributed by atoms with Gasteiger partial charge in [0.2, 0.25) is 0 Å². The quantitative estimate of drug-likeness (QED) is 0.559. The van der Waals surface area contributed by atoms with Gasteiger partial charge in [-0.3, -0.25) is 0 Å². The number of aryl methyl sites for hydroxylation is 1. The van der Waals surface area contributed by atoms with Crippen molar-refractivity contribution in [2.75, 3.05) is 0 Å². The Labute approximate surface area is 109 Å². The largest absolute Gasteiger partial charge is 0.495 e. The van der Waals surface area contributed by atoms with Crippen LogP contribution in [0.15, 0.2) is 18.2 Å². The molecule has 0 aliphatic carbocycles. The molecule has 0 bridgehead atoms. The van der Waals surface area contributed by atoms with Gasteiger partial charge >= 0.3 is 7.12 Å². The maximum Gasteiger partial charge on any atom is 0.495 e. The van der Waals surface area contributed by atoms with Crippen molar-refractivity contribution >= 4 is 18.3 Å². The van der Waals surface area contributed by atoms with Crippen molar-refractivity contribution in [3.8, 4) is 0 Å². The maximum atomic E-state index is 7.01. The van der Waals surface area contributed by atoms with E-state index in [0.29, 0.717) is 5.69 Å². The van der Waals surface area contributed by atoms with E-state index in [9.17, 15) is 0 Å². The van der Waals surface area contributed by atoms with Crippen LogP contribution in [0.4, 0.5) is 5.69 Å². The van der Waals surface area contributed by atoms with Gasteiger partial charge in [0, 0.05) is 0 Å². The third kappa shape index (κ3) is 2.05. The topological polar surface area (TPSA) is 22.8 Å². The van der Waals surface area contributed by atoms with E-state index in [0.717, 1.165) is 11.0 Å². The lowest BCUT2D eigenvalue weighted by Gasteiger charge is -2.32. The summed E-state index contributed by atoms with van der Waals surface area (Å²) in [4.78, 5) is 3.42. The van der Waals surface area contributed by atoms with Crippen LogP contribution >= 0.6 is 0 Å². The molecule has 0 aromatic heterocycles. The molecule has 1 heterocycles. The third-order valence-electron chi connectivity index (χ3n) is 3.89. The highest BCUT2D eigenvalue weighted by atomic mass is 16.7. The van der Waals surface area contributed by atoms with E-state index < -0.39 is 0 Å². The Morgan fingerprint density at radius 1 is 1.11 bits per heavy atom. The molecule has 1 saturated heterocycles. The van der Waals surface area contributed by atoms with E-state index in [4.69, 9.17) is 15.9 Å². The Morgan fingerprint density at radius 2 is 1.67 bits per heavy atom. The van der Waals surface area contributed by atoms with Gasteiger partial charge in [-0.2, -0.15) is 0 Å². The summed E-state index contributed by atoms with van der Waals surface area (Å²) in [6, 6.07) is 5.60. The SMILES string of the molecule is [C-]#[N+]c1ccc(B2OC(C)(C)C(C)(C)O2)c(C)c1. The first kappa shape index (κ1) is 13.1. The number of rotatable bonds is 1. The lowest BCUT2D eigenvalue weighted by molar-refractivity contribution is 0.00578. The maximum absolute atomic E-state index is 7.01. The summed E-state index contributed by atoms with van der Waals surface area (Å²) in [5.74, 6) is 0. The highest BCUT2D eigenvalue weighted by molar-refractivity contribution is 6.62. The predicted molar refractivity (Wildman–Crippen MR) is 73.2 cm³/mol. The molecular formula is C14H18BNO2. The standard InChI is InChI=1S/C14H18BNO2/c1-10-9-11(16-6)7-8-12(10)15-17-13(2,3)14(4,5)18-15/h7-9H,1-5H3. The molecule has 0 unspecified atom stereocenters. The van der Waals surface area contributed by atoms with Gasteiger partial charge in [-0.1, -0.05) is 23.8 Å². The molecule has 1 aliphatic rings. The molecule has 4 heteroatoms. The first-order chi connectivity index (χ1) is 8.27. The fraction of sp³-hybridized carbons (Fsp3) is 0.500. The first-order valence-corrected chi connectivity index (χ1v) is 6.10. The summed E-state index contributed by atoms with van der Waals surface area (Å²) in [5.41, 5.74) is 2.02. The molecule has 0 N–H and O–H groups in total. The van der Waals surface area contributed by atoms with E-state index in [1.807, 2.05) is 46.8 Å². The highest BCUT2D eigenvalue weighted by Crippen LogP contribution is 2.36. The fourth-order valence-electron chi connectivity index (χ4n) is 1.96. The molecule has 0 amide bonds. The molecule has 1 aromatic carbocycles. The van der Waals surface area contributed by atoms with Crippen molar-refractivity contribution in [2.24, 2.45) is 0 Å². The van der Waals surface area contributed by atoms with Gasteiger partial charge in [0.1, 0.15) is 0 Å². The van der Waals surface area contributed by atoms with Crippen molar-refractivity contribution in [3.05, 3.63) is 35.2 Å². The Bertz CT molecular complexity index is 501. The first-order valence-electron chi connectivity index (χ1n) is 6.10. The predicted octanol–water partition coefficient (Wildman–Crippen LogP) is 2.85. The van der Waals surface area contributed by atoms with Crippen molar-refractivity contribution in [2.45, 2.75) is 45.8 Å². The molecule has 1 fully saturated rings. The van der Waals surface area contributed by atoms with Crippen molar-refractivity contribution in [3.63, 3.8) is 0 Å². The second-order valence-electron chi connectivity index (χ2n) is 5.74. The van der Waals surface area contributed by atoms with Gasteiger partial charge < -0.3 is 9.31 Å². The molecule has 0 saturated carbocycles. The van der Waals surface area contributed by atoms with Gasteiger partial charge in [-0.25, -0.2) is 4.85 Å². The van der Waals surface area contributed by atoms with Crippen molar-refractivity contribution in [1.82, 2.24) is 0 Å². The second-order valence-corrected chi connectivity index (χ2v) is 5.74. The summed E-state index contributed by atoms with van der Waals surface area (Å²) in [5, 5.41) is 0. The van der Waals surface area contributed by atoms with Crippen LogP contribution in [0.1, 0.15) is 33.3 Å². The zero-order valence-corrected chi connectivity index (χ0v) is 11.6. The second kappa shape index (κ2) is 4.12. The Kier molecular flexibility index (Phi) is 3.00. The summed E-state index contributed by atoms with van der Waals surface area (Å²) < 4.78 is 12.0. The molecule has 2 rings (SSSR count). The van der Waals surface area contributed by atoms with Crippen LogP contribution in [-0.2, 0) is 9.31 Å². The minimum Gasteiger partial charge on any atom is -0.399 e. The highest BCUT2D eigenvalue weighted by Gasteiger charge is 2.51. The molecule has 1 aromatic rings. The number of hydrogen-bond acceptors (Lipinski definition) is 2.